The van der Waals surface area contributed by atoms with E-state index in [1.807, 2.05) is 0 Å². The van der Waals surface area contributed by atoms with Gasteiger partial charge < -0.3 is 15.0 Å². The molecule has 1 N–H and O–H groups in total. The molecule has 102 valence electrons. The fourth-order valence-corrected chi connectivity index (χ4v) is 2.60. The number of piperidine rings is 1. The van der Waals surface area contributed by atoms with Gasteiger partial charge in [-0.15, -0.1) is 5.10 Å². The van der Waals surface area contributed by atoms with Gasteiger partial charge in [-0.25, -0.2) is 0 Å². The molecule has 18 heavy (non-hydrogen) atoms. The van der Waals surface area contributed by atoms with E-state index in [2.05, 4.69) is 41.3 Å². The maximum Gasteiger partial charge on any atom is 0.294 e. The van der Waals surface area contributed by atoms with Crippen molar-refractivity contribution in [3.63, 3.8) is 0 Å². The number of nitrogens with zero attached hydrogens (tertiary/aromatic N) is 3. The largest absolute Gasteiger partial charge is 0.466 e. The number of nitrogens with one attached hydrogen (secondary N) is 1. The molecule has 2 rings (SSSR count). The van der Waals surface area contributed by atoms with Crippen molar-refractivity contribution in [2.45, 2.75) is 45.4 Å². The summed E-state index contributed by atoms with van der Waals surface area (Å²) in [5.41, 5.74) is 0. The molecule has 1 aromatic rings. The van der Waals surface area contributed by atoms with E-state index in [1.165, 1.54) is 0 Å². The molecule has 1 aliphatic rings. The van der Waals surface area contributed by atoms with Crippen molar-refractivity contribution in [1.82, 2.24) is 20.4 Å². The molecule has 1 fully saturated rings. The molecule has 0 unspecified atom stereocenters. The lowest BCUT2D eigenvalue weighted by Crippen LogP contribution is -2.35. The molecule has 0 radical (unpaired) electrons. The zero-order valence-corrected chi connectivity index (χ0v) is 12.2. The van der Waals surface area contributed by atoms with Crippen molar-refractivity contribution in [2.75, 3.05) is 20.1 Å². The van der Waals surface area contributed by atoms with Gasteiger partial charge in [-0.3, -0.25) is 0 Å². The zero-order valence-electron chi connectivity index (χ0n) is 11.3. The summed E-state index contributed by atoms with van der Waals surface area (Å²) in [4.78, 5) is 2.33. The molecule has 0 aliphatic carbocycles. The lowest BCUT2D eigenvalue weighted by atomic mass is 10.1. The topological polar surface area (TPSA) is 50.3 Å². The zero-order chi connectivity index (χ0) is 13.0. The van der Waals surface area contributed by atoms with Gasteiger partial charge in [-0.1, -0.05) is 30.3 Å². The summed E-state index contributed by atoms with van der Waals surface area (Å²) in [5, 5.41) is 13.3. The fourth-order valence-electron chi connectivity index (χ4n) is 1.89. The van der Waals surface area contributed by atoms with Crippen LogP contribution in [0.15, 0.2) is 0 Å². The summed E-state index contributed by atoms with van der Waals surface area (Å²) in [6.07, 6.45) is 2.46. The van der Waals surface area contributed by atoms with E-state index in [0.717, 1.165) is 37.5 Å². The first-order valence-electron chi connectivity index (χ1n) is 6.54. The number of likely N-dealkylation sites (tertiary alicyclic amines) is 1. The molecular formula is C12H22N4OS. The minimum absolute atomic E-state index is 0.306. The first kappa shape index (κ1) is 13.7. The monoisotopic (exact) mass is 270 g/mol. The van der Waals surface area contributed by atoms with E-state index in [4.69, 9.17) is 4.74 Å². The fraction of sp³-hybridized carbons (Fsp3) is 0.833. The van der Waals surface area contributed by atoms with E-state index in [0.29, 0.717) is 17.3 Å². The highest BCUT2D eigenvalue weighted by molar-refractivity contribution is 7.13. The van der Waals surface area contributed by atoms with Crippen LogP contribution in [0.3, 0.4) is 0 Å². The molecule has 0 spiro atoms. The van der Waals surface area contributed by atoms with Crippen LogP contribution < -0.4 is 10.1 Å². The van der Waals surface area contributed by atoms with Crippen LogP contribution in [-0.4, -0.2) is 47.4 Å². The second kappa shape index (κ2) is 6.45. The van der Waals surface area contributed by atoms with Crippen molar-refractivity contribution in [2.24, 2.45) is 0 Å². The van der Waals surface area contributed by atoms with Crippen molar-refractivity contribution in [1.29, 1.82) is 0 Å². The Morgan fingerprint density at radius 3 is 2.78 bits per heavy atom. The summed E-state index contributed by atoms with van der Waals surface area (Å²) >= 11 is 1.55. The summed E-state index contributed by atoms with van der Waals surface area (Å²) < 4.78 is 5.88. The van der Waals surface area contributed by atoms with E-state index >= 15 is 0 Å². The van der Waals surface area contributed by atoms with Gasteiger partial charge >= 0.3 is 0 Å². The van der Waals surface area contributed by atoms with E-state index in [1.54, 1.807) is 11.3 Å². The van der Waals surface area contributed by atoms with Gasteiger partial charge in [0.05, 0.1) is 6.54 Å². The Morgan fingerprint density at radius 1 is 1.39 bits per heavy atom. The van der Waals surface area contributed by atoms with Crippen molar-refractivity contribution >= 4 is 11.3 Å². The van der Waals surface area contributed by atoms with Crippen LogP contribution in [0.2, 0.25) is 0 Å². The molecule has 6 heteroatoms. The Hall–Kier alpha value is -0.720. The Kier molecular flexibility index (Phi) is 4.91. The lowest BCUT2D eigenvalue weighted by Gasteiger charge is -2.28. The highest BCUT2D eigenvalue weighted by atomic mass is 32.1. The molecule has 0 bridgehead atoms. The predicted molar refractivity (Wildman–Crippen MR) is 73.0 cm³/mol. The van der Waals surface area contributed by atoms with Crippen LogP contribution in [0.25, 0.3) is 0 Å². The third-order valence-electron chi connectivity index (χ3n) is 3.04. The first-order chi connectivity index (χ1) is 8.63. The number of ether oxygens (including phenoxy) is 1. The summed E-state index contributed by atoms with van der Waals surface area (Å²) in [6, 6.07) is 0.465. The minimum Gasteiger partial charge on any atom is -0.466 e. The van der Waals surface area contributed by atoms with Gasteiger partial charge in [-0.05, 0) is 19.9 Å². The maximum absolute atomic E-state index is 5.88. The maximum atomic E-state index is 5.88. The van der Waals surface area contributed by atoms with Gasteiger partial charge in [0.2, 0.25) is 0 Å². The number of hydrogen-bond donors (Lipinski definition) is 1. The van der Waals surface area contributed by atoms with Crippen molar-refractivity contribution in [3.8, 4) is 5.19 Å². The Labute approximate surface area is 113 Å². The van der Waals surface area contributed by atoms with Crippen molar-refractivity contribution in [3.05, 3.63) is 5.01 Å². The Balaban J connectivity index is 1.79. The predicted octanol–water partition coefficient (Wildman–Crippen LogP) is 1.51. The van der Waals surface area contributed by atoms with E-state index in [-0.39, 0.29) is 0 Å². The van der Waals surface area contributed by atoms with Crippen molar-refractivity contribution < 1.29 is 4.74 Å². The van der Waals surface area contributed by atoms with Gasteiger partial charge in [0.25, 0.3) is 5.19 Å². The number of rotatable bonds is 5. The third kappa shape index (κ3) is 4.19. The molecule has 0 aromatic carbocycles. The molecule has 1 saturated heterocycles. The molecule has 0 atom stereocenters. The van der Waals surface area contributed by atoms with E-state index in [9.17, 15) is 0 Å². The quantitative estimate of drug-likeness (QED) is 0.879. The second-order valence-electron chi connectivity index (χ2n) is 5.12. The van der Waals surface area contributed by atoms with Crippen LogP contribution in [0.1, 0.15) is 31.7 Å². The molecule has 1 aromatic heterocycles. The molecule has 2 heterocycles. The second-order valence-corrected chi connectivity index (χ2v) is 6.14. The Bertz CT molecular complexity index is 361. The molecule has 0 amide bonds. The van der Waals surface area contributed by atoms with Crippen LogP contribution in [0, 0.1) is 0 Å². The lowest BCUT2D eigenvalue weighted by molar-refractivity contribution is 0.113. The van der Waals surface area contributed by atoms with E-state index < -0.39 is 0 Å². The highest BCUT2D eigenvalue weighted by Crippen LogP contribution is 2.22. The van der Waals surface area contributed by atoms with Crippen LogP contribution >= 0.6 is 11.3 Å². The Morgan fingerprint density at radius 2 is 2.11 bits per heavy atom. The summed E-state index contributed by atoms with van der Waals surface area (Å²) in [7, 11) is 2.15. The first-order valence-corrected chi connectivity index (χ1v) is 7.36. The number of aromatic nitrogens is 2. The minimum atomic E-state index is 0.306. The van der Waals surface area contributed by atoms with Crippen LogP contribution in [-0.2, 0) is 6.54 Å². The molecule has 0 saturated carbocycles. The van der Waals surface area contributed by atoms with Gasteiger partial charge in [-0.2, -0.15) is 0 Å². The van der Waals surface area contributed by atoms with Gasteiger partial charge in [0.1, 0.15) is 11.1 Å². The van der Waals surface area contributed by atoms with Gasteiger partial charge in [0.15, 0.2) is 0 Å². The normalized spacial score (nSPS) is 18.4. The molecule has 5 nitrogen and oxygen atoms in total. The number of hydrogen-bond acceptors (Lipinski definition) is 6. The standard InChI is InChI=1S/C12H22N4OS/c1-9(2)13-8-11-14-15-12(18-11)17-10-4-6-16(3)7-5-10/h9-10,13H,4-8H2,1-3H3. The summed E-state index contributed by atoms with van der Waals surface area (Å²) in [6.45, 7) is 7.22. The highest BCUT2D eigenvalue weighted by Gasteiger charge is 2.19. The summed E-state index contributed by atoms with van der Waals surface area (Å²) in [5.74, 6) is 0. The third-order valence-corrected chi connectivity index (χ3v) is 3.86. The van der Waals surface area contributed by atoms with Crippen LogP contribution in [0.5, 0.6) is 5.19 Å². The molecular weight excluding hydrogens is 248 g/mol. The van der Waals surface area contributed by atoms with Crippen LogP contribution in [0.4, 0.5) is 0 Å². The SMILES string of the molecule is CC(C)NCc1nnc(OC2CCN(C)CC2)s1. The average Bonchev–Trinajstić information content (AvgIpc) is 2.77. The average molecular weight is 270 g/mol. The van der Waals surface area contributed by atoms with Gasteiger partial charge in [0, 0.05) is 19.1 Å². The molecule has 1 aliphatic heterocycles. The smallest absolute Gasteiger partial charge is 0.294 e.